The van der Waals surface area contributed by atoms with E-state index in [0.29, 0.717) is 5.92 Å². The van der Waals surface area contributed by atoms with Crippen molar-refractivity contribution < 1.29 is 0 Å². The first kappa shape index (κ1) is 18.3. The molecule has 0 saturated heterocycles. The van der Waals surface area contributed by atoms with Gasteiger partial charge in [0.05, 0.1) is 0 Å². The van der Waals surface area contributed by atoms with E-state index in [4.69, 9.17) is 0 Å². The van der Waals surface area contributed by atoms with Crippen molar-refractivity contribution in [1.29, 1.82) is 0 Å². The lowest BCUT2D eigenvalue weighted by molar-refractivity contribution is 0.538. The van der Waals surface area contributed by atoms with Gasteiger partial charge in [0, 0.05) is 0 Å². The average Bonchev–Trinajstić information content (AvgIpc) is 2.87. The minimum Gasteiger partial charge on any atom is -0.0998 e. The van der Waals surface area contributed by atoms with Gasteiger partial charge in [-0.25, -0.2) is 0 Å². The van der Waals surface area contributed by atoms with Crippen LogP contribution < -0.4 is 0 Å². The van der Waals surface area contributed by atoms with Gasteiger partial charge in [-0.1, -0.05) is 102 Å². The van der Waals surface area contributed by atoms with E-state index in [1.165, 1.54) is 81.8 Å². The minimum atomic E-state index is 0.702. The normalized spacial score (nSPS) is 17.2. The van der Waals surface area contributed by atoms with E-state index in [1.54, 1.807) is 0 Å². The molecule has 1 aliphatic carbocycles. The van der Waals surface area contributed by atoms with Crippen molar-refractivity contribution in [3.8, 4) is 0 Å². The highest BCUT2D eigenvalue weighted by Crippen LogP contribution is 2.25. The predicted octanol–water partition coefficient (Wildman–Crippen LogP) is 7.38. The van der Waals surface area contributed by atoms with Crippen LogP contribution in [0.2, 0.25) is 0 Å². The van der Waals surface area contributed by atoms with E-state index in [2.05, 4.69) is 38.7 Å². The van der Waals surface area contributed by atoms with Crippen LogP contribution in [-0.4, -0.2) is 0 Å². The summed E-state index contributed by atoms with van der Waals surface area (Å²) in [6.07, 6.45) is 23.8. The van der Waals surface area contributed by atoms with E-state index >= 15 is 0 Å². The fourth-order valence-electron chi connectivity index (χ4n) is 3.15. The molecule has 1 atom stereocenters. The fourth-order valence-corrected chi connectivity index (χ4v) is 3.15. The monoisotopic (exact) mass is 288 g/mol. The summed E-state index contributed by atoms with van der Waals surface area (Å²) >= 11 is 0. The smallest absolute Gasteiger partial charge is 0.00443 e. The van der Waals surface area contributed by atoms with Gasteiger partial charge in [-0.05, 0) is 31.3 Å². The third-order valence-electron chi connectivity index (χ3n) is 4.38. The van der Waals surface area contributed by atoms with Crippen molar-refractivity contribution in [2.24, 2.45) is 5.92 Å². The topological polar surface area (TPSA) is 0 Å². The Morgan fingerprint density at radius 3 is 2.10 bits per heavy atom. The van der Waals surface area contributed by atoms with Crippen LogP contribution in [0.3, 0.4) is 0 Å². The molecule has 0 fully saturated rings. The molecule has 0 radical (unpaired) electrons. The number of rotatable bonds is 13. The minimum absolute atomic E-state index is 0.702. The Kier molecular flexibility index (Phi) is 10.3. The fraction of sp³-hybridized carbons (Fsp3) is 0.714. The second kappa shape index (κ2) is 11.8. The Morgan fingerprint density at radius 2 is 1.52 bits per heavy atom. The van der Waals surface area contributed by atoms with Crippen molar-refractivity contribution in [1.82, 2.24) is 0 Å². The molecular formula is C21H36. The molecule has 120 valence electrons. The summed E-state index contributed by atoms with van der Waals surface area (Å²) in [4.78, 5) is 0. The molecule has 0 aromatic carbocycles. The van der Waals surface area contributed by atoms with Crippen molar-refractivity contribution in [3.05, 3.63) is 36.0 Å². The first-order valence-electron chi connectivity index (χ1n) is 9.25. The van der Waals surface area contributed by atoms with Gasteiger partial charge < -0.3 is 0 Å². The number of hydrogen-bond donors (Lipinski definition) is 0. The van der Waals surface area contributed by atoms with E-state index in [1.807, 2.05) is 0 Å². The molecule has 0 spiro atoms. The second-order valence-electron chi connectivity index (χ2n) is 6.87. The van der Waals surface area contributed by atoms with Crippen molar-refractivity contribution in [2.75, 3.05) is 0 Å². The lowest BCUT2D eigenvalue weighted by Gasteiger charge is -2.05. The first-order chi connectivity index (χ1) is 10.2. The standard InChI is InChI=1S/C21H36/c1-4-5-6-7-8-9-10-11-12-13-14-20-15-16-21(18-20)17-19(2)3/h15-16,18,20H,2,4-14,17H2,1,3H3. The molecule has 0 heterocycles. The van der Waals surface area contributed by atoms with E-state index in [0.717, 1.165) is 6.42 Å². The molecule has 0 aliphatic heterocycles. The maximum absolute atomic E-state index is 4.00. The zero-order valence-electron chi connectivity index (χ0n) is 14.5. The van der Waals surface area contributed by atoms with Crippen LogP contribution in [0.4, 0.5) is 0 Å². The lowest BCUT2D eigenvalue weighted by atomic mass is 10.0. The summed E-state index contributed by atoms with van der Waals surface area (Å²) in [5, 5.41) is 0. The Hall–Kier alpha value is -0.780. The van der Waals surface area contributed by atoms with Crippen LogP contribution in [0.15, 0.2) is 36.0 Å². The maximum atomic E-state index is 4.00. The molecule has 0 N–H and O–H groups in total. The highest BCUT2D eigenvalue weighted by Gasteiger charge is 2.08. The molecule has 0 nitrogen and oxygen atoms in total. The molecule has 0 aromatic rings. The maximum Gasteiger partial charge on any atom is -0.00443 e. The van der Waals surface area contributed by atoms with Crippen molar-refractivity contribution >= 4 is 0 Å². The predicted molar refractivity (Wildman–Crippen MR) is 96.6 cm³/mol. The largest absolute Gasteiger partial charge is 0.0998 e. The second-order valence-corrected chi connectivity index (χ2v) is 6.87. The number of allylic oxidation sites excluding steroid dienone is 5. The van der Waals surface area contributed by atoms with E-state index in [-0.39, 0.29) is 0 Å². The van der Waals surface area contributed by atoms with Crippen LogP contribution in [0.25, 0.3) is 0 Å². The van der Waals surface area contributed by atoms with Gasteiger partial charge >= 0.3 is 0 Å². The Balaban J connectivity index is 1.90. The van der Waals surface area contributed by atoms with E-state index in [9.17, 15) is 0 Å². The summed E-state index contributed by atoms with van der Waals surface area (Å²) in [5.74, 6) is 0.702. The van der Waals surface area contributed by atoms with Gasteiger partial charge in [0.15, 0.2) is 0 Å². The Morgan fingerprint density at radius 1 is 0.952 bits per heavy atom. The Labute approximate surface area is 133 Å². The van der Waals surface area contributed by atoms with Gasteiger partial charge in [0.1, 0.15) is 0 Å². The third kappa shape index (κ3) is 9.72. The van der Waals surface area contributed by atoms with Crippen molar-refractivity contribution in [3.63, 3.8) is 0 Å². The highest BCUT2D eigenvalue weighted by molar-refractivity contribution is 5.31. The van der Waals surface area contributed by atoms with Gasteiger partial charge in [0.25, 0.3) is 0 Å². The van der Waals surface area contributed by atoms with Gasteiger partial charge in [-0.3, -0.25) is 0 Å². The van der Waals surface area contributed by atoms with Crippen LogP contribution in [0.5, 0.6) is 0 Å². The summed E-state index contributed by atoms with van der Waals surface area (Å²) in [6, 6.07) is 0. The molecule has 0 bridgehead atoms. The molecule has 1 unspecified atom stereocenters. The molecule has 1 aliphatic rings. The van der Waals surface area contributed by atoms with Gasteiger partial charge in [0.2, 0.25) is 0 Å². The summed E-state index contributed by atoms with van der Waals surface area (Å²) in [6.45, 7) is 8.40. The summed E-state index contributed by atoms with van der Waals surface area (Å²) in [5.41, 5.74) is 2.74. The quantitative estimate of drug-likeness (QED) is 0.245. The van der Waals surface area contributed by atoms with Crippen LogP contribution >= 0.6 is 0 Å². The molecule has 0 aromatic heterocycles. The first-order valence-corrected chi connectivity index (χ1v) is 9.25. The van der Waals surface area contributed by atoms with Crippen LogP contribution in [0.1, 0.15) is 90.9 Å². The lowest BCUT2D eigenvalue weighted by Crippen LogP contribution is -1.90. The van der Waals surface area contributed by atoms with Crippen LogP contribution in [-0.2, 0) is 0 Å². The zero-order valence-corrected chi connectivity index (χ0v) is 14.5. The third-order valence-corrected chi connectivity index (χ3v) is 4.38. The van der Waals surface area contributed by atoms with Gasteiger partial charge in [-0.15, -0.1) is 0 Å². The molecule has 21 heavy (non-hydrogen) atoms. The van der Waals surface area contributed by atoms with Crippen LogP contribution in [0, 0.1) is 5.92 Å². The highest BCUT2D eigenvalue weighted by atomic mass is 14.1. The SMILES string of the molecule is C=C(C)CC1=CC(CCCCCCCCCCCC)C=C1. The summed E-state index contributed by atoms with van der Waals surface area (Å²) < 4.78 is 0. The van der Waals surface area contributed by atoms with E-state index < -0.39 is 0 Å². The molecule has 0 heteroatoms. The number of unbranched alkanes of at least 4 members (excludes halogenated alkanes) is 9. The molecule has 1 rings (SSSR count). The average molecular weight is 289 g/mol. The van der Waals surface area contributed by atoms with Crippen molar-refractivity contribution in [2.45, 2.75) is 90.9 Å². The molecule has 0 amide bonds. The molecular weight excluding hydrogens is 252 g/mol. The Bertz CT molecular complexity index is 332. The summed E-state index contributed by atoms with van der Waals surface area (Å²) in [7, 11) is 0. The zero-order chi connectivity index (χ0) is 15.3. The number of hydrogen-bond acceptors (Lipinski definition) is 0. The molecule has 0 saturated carbocycles. The van der Waals surface area contributed by atoms with Gasteiger partial charge in [-0.2, -0.15) is 0 Å².